The molecule has 3 aromatic rings. The summed E-state index contributed by atoms with van der Waals surface area (Å²) in [5, 5.41) is 4.91. The molecule has 7 heteroatoms. The van der Waals surface area contributed by atoms with Gasteiger partial charge < -0.3 is 9.64 Å². The molecule has 0 bridgehead atoms. The van der Waals surface area contributed by atoms with Gasteiger partial charge in [-0.05, 0) is 25.3 Å². The van der Waals surface area contributed by atoms with E-state index in [0.29, 0.717) is 29.4 Å². The van der Waals surface area contributed by atoms with Crippen molar-refractivity contribution in [3.8, 4) is 0 Å². The molecule has 7 nitrogen and oxygen atoms in total. The minimum absolute atomic E-state index is 0.0140. The Morgan fingerprint density at radius 1 is 0.933 bits per heavy atom. The summed E-state index contributed by atoms with van der Waals surface area (Å²) >= 11 is 0. The Labute approximate surface area is 173 Å². The lowest BCUT2D eigenvalue weighted by Gasteiger charge is -2.30. The highest BCUT2D eigenvalue weighted by Gasteiger charge is 2.31. The van der Waals surface area contributed by atoms with E-state index in [9.17, 15) is 14.4 Å². The number of nitrogens with zero attached hydrogens (tertiary/aromatic N) is 3. The lowest BCUT2D eigenvalue weighted by atomic mass is 10.1. The van der Waals surface area contributed by atoms with E-state index in [-0.39, 0.29) is 17.2 Å². The minimum Gasteiger partial charge on any atom is -0.442 e. The molecule has 1 aliphatic heterocycles. The van der Waals surface area contributed by atoms with Crippen molar-refractivity contribution in [1.29, 1.82) is 0 Å². The van der Waals surface area contributed by atoms with Gasteiger partial charge >= 0.3 is 5.97 Å². The Morgan fingerprint density at radius 3 is 2.27 bits per heavy atom. The number of hydrogen-bond acceptors (Lipinski definition) is 5. The predicted molar refractivity (Wildman–Crippen MR) is 112 cm³/mol. The van der Waals surface area contributed by atoms with Gasteiger partial charge in [0.2, 0.25) is 6.10 Å². The fraction of sp³-hybridized carbons (Fsp3) is 0.304. The van der Waals surface area contributed by atoms with Crippen LogP contribution >= 0.6 is 0 Å². The minimum atomic E-state index is -1.06. The molecule has 1 saturated heterocycles. The number of carbonyl (C=O) groups excluding carboxylic acids is 2. The summed E-state index contributed by atoms with van der Waals surface area (Å²) in [5.41, 5.74) is 0.321. The third-order valence-electron chi connectivity index (χ3n) is 5.37. The molecule has 30 heavy (non-hydrogen) atoms. The molecule has 2 aromatic carbocycles. The molecular weight excluding hydrogens is 382 g/mol. The first-order valence-corrected chi connectivity index (χ1v) is 10.1. The van der Waals surface area contributed by atoms with Gasteiger partial charge in [-0.3, -0.25) is 9.59 Å². The molecule has 0 radical (unpaired) electrons. The van der Waals surface area contributed by atoms with E-state index in [1.54, 1.807) is 53.4 Å². The van der Waals surface area contributed by atoms with Gasteiger partial charge in [0, 0.05) is 31.1 Å². The monoisotopic (exact) mass is 405 g/mol. The molecule has 1 fully saturated rings. The summed E-state index contributed by atoms with van der Waals surface area (Å²) in [6.07, 6.45) is 1.91. The van der Waals surface area contributed by atoms with Crippen LogP contribution < -0.4 is 5.56 Å². The number of ether oxygens (including phenoxy) is 1. The number of amides is 1. The van der Waals surface area contributed by atoms with Gasteiger partial charge in [-0.2, -0.15) is 5.10 Å². The molecule has 0 aliphatic carbocycles. The van der Waals surface area contributed by atoms with Crippen molar-refractivity contribution < 1.29 is 14.3 Å². The molecule has 1 aromatic heterocycles. The van der Waals surface area contributed by atoms with Gasteiger partial charge in [-0.15, -0.1) is 0 Å². The van der Waals surface area contributed by atoms with Crippen molar-refractivity contribution in [3.63, 3.8) is 0 Å². The van der Waals surface area contributed by atoms with Crippen LogP contribution in [0.4, 0.5) is 0 Å². The average molecular weight is 405 g/mol. The smallest absolute Gasteiger partial charge is 0.360 e. The molecule has 154 valence electrons. The lowest BCUT2D eigenvalue weighted by Crippen LogP contribution is -2.40. The molecule has 0 spiro atoms. The van der Waals surface area contributed by atoms with E-state index in [1.165, 1.54) is 7.05 Å². The van der Waals surface area contributed by atoms with E-state index < -0.39 is 12.1 Å². The second-order valence-electron chi connectivity index (χ2n) is 7.40. The van der Waals surface area contributed by atoms with Crippen LogP contribution in [0, 0.1) is 0 Å². The van der Waals surface area contributed by atoms with Crippen LogP contribution in [-0.2, 0) is 16.6 Å². The number of likely N-dealkylation sites (tertiary alicyclic amines) is 1. The Morgan fingerprint density at radius 2 is 1.57 bits per heavy atom. The first-order chi connectivity index (χ1) is 14.6. The van der Waals surface area contributed by atoms with Crippen molar-refractivity contribution >= 4 is 22.6 Å². The normalized spacial score (nSPS) is 15.0. The SMILES string of the molecule is Cn1nc(C(=O)O[C@H](C(=O)N2CCCCC2)c2ccccc2)c2ccccc2c1=O. The summed E-state index contributed by atoms with van der Waals surface area (Å²) in [6, 6.07) is 15.8. The third-order valence-corrected chi connectivity index (χ3v) is 5.37. The molecule has 1 aliphatic rings. The molecule has 4 rings (SSSR count). The van der Waals surface area contributed by atoms with Crippen molar-refractivity contribution in [1.82, 2.24) is 14.7 Å². The van der Waals surface area contributed by atoms with E-state index in [4.69, 9.17) is 4.74 Å². The number of esters is 1. The Hall–Kier alpha value is -3.48. The second kappa shape index (κ2) is 8.49. The Bertz CT molecular complexity index is 1130. The maximum atomic E-state index is 13.2. The van der Waals surface area contributed by atoms with Crippen LogP contribution in [-0.4, -0.2) is 39.6 Å². The lowest BCUT2D eigenvalue weighted by molar-refractivity contribution is -0.142. The van der Waals surface area contributed by atoms with Gasteiger partial charge in [-0.1, -0.05) is 48.5 Å². The average Bonchev–Trinajstić information content (AvgIpc) is 2.80. The quantitative estimate of drug-likeness (QED) is 0.624. The highest BCUT2D eigenvalue weighted by atomic mass is 16.5. The number of aromatic nitrogens is 2. The zero-order valence-electron chi connectivity index (χ0n) is 16.8. The maximum Gasteiger partial charge on any atom is 0.360 e. The van der Waals surface area contributed by atoms with Gasteiger partial charge in [0.05, 0.1) is 5.39 Å². The van der Waals surface area contributed by atoms with E-state index in [2.05, 4.69) is 5.10 Å². The molecule has 2 heterocycles. The number of fused-ring (bicyclic) bond motifs is 1. The molecule has 1 atom stereocenters. The molecule has 0 saturated carbocycles. The summed E-state index contributed by atoms with van der Waals surface area (Å²) in [4.78, 5) is 40.4. The summed E-state index contributed by atoms with van der Waals surface area (Å²) in [5.74, 6) is -0.968. The van der Waals surface area contributed by atoms with Crippen LogP contribution in [0.2, 0.25) is 0 Å². The summed E-state index contributed by atoms with van der Waals surface area (Å²) < 4.78 is 6.85. The molecule has 0 N–H and O–H groups in total. The number of aryl methyl sites for hydroxylation is 1. The largest absolute Gasteiger partial charge is 0.442 e. The number of carbonyl (C=O) groups is 2. The highest BCUT2D eigenvalue weighted by molar-refractivity contribution is 6.03. The van der Waals surface area contributed by atoms with Crippen LogP contribution in [0.1, 0.15) is 41.4 Å². The number of rotatable bonds is 4. The Balaban J connectivity index is 1.71. The molecule has 1 amide bonds. The van der Waals surface area contributed by atoms with Gasteiger partial charge in [0.25, 0.3) is 11.5 Å². The van der Waals surface area contributed by atoms with Gasteiger partial charge in [-0.25, -0.2) is 9.48 Å². The fourth-order valence-corrected chi connectivity index (χ4v) is 3.78. The molecular formula is C23H23N3O4. The van der Waals surface area contributed by atoms with E-state index >= 15 is 0 Å². The van der Waals surface area contributed by atoms with Crippen molar-refractivity contribution in [2.75, 3.05) is 13.1 Å². The van der Waals surface area contributed by atoms with E-state index in [1.807, 2.05) is 6.07 Å². The number of benzene rings is 2. The second-order valence-corrected chi connectivity index (χ2v) is 7.40. The predicted octanol–water partition coefficient (Wildman–Crippen LogP) is 2.84. The Kier molecular flexibility index (Phi) is 5.61. The van der Waals surface area contributed by atoms with Crippen LogP contribution in [0.5, 0.6) is 0 Å². The standard InChI is InChI=1S/C23H23N3O4/c1-25-21(27)18-13-7-6-12-17(18)19(24-25)23(29)30-20(16-10-4-2-5-11-16)22(28)26-14-8-3-9-15-26/h2,4-7,10-13,20H,3,8-9,14-15H2,1H3/t20-/m0/s1. The number of piperidine rings is 1. The fourth-order valence-electron chi connectivity index (χ4n) is 3.78. The number of hydrogen-bond donors (Lipinski definition) is 0. The van der Waals surface area contributed by atoms with Crippen molar-refractivity contribution in [2.45, 2.75) is 25.4 Å². The highest BCUT2D eigenvalue weighted by Crippen LogP contribution is 2.25. The van der Waals surface area contributed by atoms with Gasteiger partial charge in [0.15, 0.2) is 5.69 Å². The zero-order chi connectivity index (χ0) is 21.1. The first kappa shape index (κ1) is 19.8. The maximum absolute atomic E-state index is 13.2. The first-order valence-electron chi connectivity index (χ1n) is 10.1. The van der Waals surface area contributed by atoms with Crippen LogP contribution in [0.15, 0.2) is 59.4 Å². The van der Waals surface area contributed by atoms with Crippen LogP contribution in [0.25, 0.3) is 10.8 Å². The van der Waals surface area contributed by atoms with Crippen molar-refractivity contribution in [3.05, 3.63) is 76.2 Å². The topological polar surface area (TPSA) is 81.5 Å². The molecule has 0 unspecified atom stereocenters. The van der Waals surface area contributed by atoms with Crippen LogP contribution in [0.3, 0.4) is 0 Å². The zero-order valence-corrected chi connectivity index (χ0v) is 16.8. The van der Waals surface area contributed by atoms with Crippen molar-refractivity contribution in [2.24, 2.45) is 7.05 Å². The van der Waals surface area contributed by atoms with E-state index in [0.717, 1.165) is 23.9 Å². The van der Waals surface area contributed by atoms with Gasteiger partial charge in [0.1, 0.15) is 0 Å². The summed E-state index contributed by atoms with van der Waals surface area (Å²) in [6.45, 7) is 1.31. The third kappa shape index (κ3) is 3.83. The summed E-state index contributed by atoms with van der Waals surface area (Å²) in [7, 11) is 1.49.